The number of nitrogens with zero attached hydrogens (tertiary/aromatic N) is 1. The third-order valence-corrected chi connectivity index (χ3v) is 2.88. The van der Waals surface area contributed by atoms with Gasteiger partial charge < -0.3 is 14.8 Å². The van der Waals surface area contributed by atoms with E-state index < -0.39 is 11.8 Å². The van der Waals surface area contributed by atoms with Gasteiger partial charge in [-0.25, -0.2) is 4.79 Å². The topological polar surface area (TPSA) is 79.5 Å². The van der Waals surface area contributed by atoms with Gasteiger partial charge in [-0.15, -0.1) is 0 Å². The summed E-state index contributed by atoms with van der Waals surface area (Å²) < 4.78 is 1.92. The second-order valence-corrected chi connectivity index (χ2v) is 4.04. The second-order valence-electron chi connectivity index (χ2n) is 4.04. The lowest BCUT2D eigenvalue weighted by Crippen LogP contribution is -2.09. The molecule has 2 aromatic rings. The summed E-state index contributed by atoms with van der Waals surface area (Å²) in [5.74, 6) is -3.08. The van der Waals surface area contributed by atoms with E-state index in [1.807, 2.05) is 35.8 Å². The number of aliphatic carboxylic acids is 1. The first-order valence-electron chi connectivity index (χ1n) is 5.80. The van der Waals surface area contributed by atoms with E-state index in [0.717, 1.165) is 17.0 Å². The molecule has 2 N–H and O–H groups in total. The minimum Gasteiger partial charge on any atom is -0.507 e. The number of ketones is 1. The summed E-state index contributed by atoms with van der Waals surface area (Å²) in [5.41, 5.74) is 1.37. The molecular weight excluding hydrogens is 246 g/mol. The standard InChI is InChI=1S/C14H13NO4/c1-2-15-8-10(9-5-3-4-6-11(9)15)12(16)7-13(17)14(18)19/h3-8,16H,2H2,1H3,(H,18,19)/b12-7-. The molecule has 0 atom stereocenters. The molecule has 0 radical (unpaired) electrons. The average molecular weight is 259 g/mol. The normalized spacial score (nSPS) is 11.7. The Morgan fingerprint density at radius 3 is 2.58 bits per heavy atom. The Morgan fingerprint density at radius 1 is 1.26 bits per heavy atom. The smallest absolute Gasteiger partial charge is 0.376 e. The maximum Gasteiger partial charge on any atom is 0.376 e. The minimum absolute atomic E-state index is 0.337. The van der Waals surface area contributed by atoms with Crippen molar-refractivity contribution in [3.8, 4) is 0 Å². The van der Waals surface area contributed by atoms with Gasteiger partial charge in [0.05, 0.1) is 0 Å². The molecule has 1 aromatic heterocycles. The van der Waals surface area contributed by atoms with Crippen molar-refractivity contribution in [3.05, 3.63) is 42.1 Å². The molecule has 0 aliphatic carbocycles. The number of benzene rings is 1. The van der Waals surface area contributed by atoms with Gasteiger partial charge in [-0.05, 0) is 13.0 Å². The molecule has 0 saturated heterocycles. The monoisotopic (exact) mass is 259 g/mol. The van der Waals surface area contributed by atoms with Gasteiger partial charge >= 0.3 is 5.97 Å². The highest BCUT2D eigenvalue weighted by Gasteiger charge is 2.14. The number of aliphatic hydroxyl groups is 1. The number of hydrogen-bond acceptors (Lipinski definition) is 3. The van der Waals surface area contributed by atoms with Gasteiger partial charge in [-0.3, -0.25) is 4.79 Å². The molecule has 5 nitrogen and oxygen atoms in total. The van der Waals surface area contributed by atoms with E-state index in [4.69, 9.17) is 5.11 Å². The summed E-state index contributed by atoms with van der Waals surface area (Å²) in [5, 5.41) is 19.2. The molecule has 2 rings (SSSR count). The number of rotatable bonds is 4. The zero-order valence-corrected chi connectivity index (χ0v) is 10.3. The molecule has 0 unspecified atom stereocenters. The molecule has 0 fully saturated rings. The number of aliphatic hydroxyl groups excluding tert-OH is 1. The lowest BCUT2D eigenvalue weighted by Gasteiger charge is -1.98. The highest BCUT2D eigenvalue weighted by Crippen LogP contribution is 2.26. The van der Waals surface area contributed by atoms with Gasteiger partial charge in [-0.2, -0.15) is 0 Å². The SMILES string of the molecule is CCn1cc(/C(O)=C/C(=O)C(=O)O)c2ccccc21. The lowest BCUT2D eigenvalue weighted by molar-refractivity contribution is -0.146. The molecule has 0 aliphatic heterocycles. The number of para-hydroxylation sites is 1. The zero-order valence-electron chi connectivity index (χ0n) is 10.3. The van der Waals surface area contributed by atoms with Gasteiger partial charge in [0.2, 0.25) is 0 Å². The van der Waals surface area contributed by atoms with Crippen LogP contribution in [-0.4, -0.2) is 26.5 Å². The van der Waals surface area contributed by atoms with E-state index in [1.165, 1.54) is 0 Å². The van der Waals surface area contributed by atoms with E-state index in [2.05, 4.69) is 0 Å². The van der Waals surface area contributed by atoms with Crippen molar-refractivity contribution in [2.45, 2.75) is 13.5 Å². The van der Waals surface area contributed by atoms with Crippen molar-refractivity contribution in [3.63, 3.8) is 0 Å². The fourth-order valence-corrected chi connectivity index (χ4v) is 1.98. The molecular formula is C14H13NO4. The number of hydrogen-bond donors (Lipinski definition) is 2. The van der Waals surface area contributed by atoms with Crippen LogP contribution in [-0.2, 0) is 16.1 Å². The summed E-state index contributed by atoms with van der Waals surface area (Å²) in [6.45, 7) is 2.67. The fourth-order valence-electron chi connectivity index (χ4n) is 1.98. The van der Waals surface area contributed by atoms with Crippen LogP contribution in [0, 0.1) is 0 Å². The van der Waals surface area contributed by atoms with E-state index in [0.29, 0.717) is 12.1 Å². The highest BCUT2D eigenvalue weighted by molar-refractivity contribution is 6.38. The van der Waals surface area contributed by atoms with Crippen LogP contribution in [0.4, 0.5) is 0 Å². The van der Waals surface area contributed by atoms with Crippen molar-refractivity contribution in [1.29, 1.82) is 0 Å². The average Bonchev–Trinajstić information content (AvgIpc) is 2.77. The van der Waals surface area contributed by atoms with Crippen LogP contribution in [0.5, 0.6) is 0 Å². The Balaban J connectivity index is 2.57. The quantitative estimate of drug-likeness (QED) is 0.501. The number of carbonyl (C=O) groups excluding carboxylic acids is 1. The molecule has 0 aliphatic rings. The largest absolute Gasteiger partial charge is 0.507 e. The van der Waals surface area contributed by atoms with Gasteiger partial charge in [0.15, 0.2) is 0 Å². The third-order valence-electron chi connectivity index (χ3n) is 2.88. The Hall–Kier alpha value is -2.56. The van der Waals surface area contributed by atoms with E-state index in [-0.39, 0.29) is 5.76 Å². The van der Waals surface area contributed by atoms with Crippen LogP contribution < -0.4 is 0 Å². The first-order valence-corrected chi connectivity index (χ1v) is 5.80. The highest BCUT2D eigenvalue weighted by atomic mass is 16.4. The van der Waals surface area contributed by atoms with Crippen LogP contribution in [0.15, 0.2) is 36.5 Å². The number of carboxylic acids is 1. The van der Waals surface area contributed by atoms with Crippen LogP contribution in [0.1, 0.15) is 12.5 Å². The molecule has 19 heavy (non-hydrogen) atoms. The van der Waals surface area contributed by atoms with Crippen LogP contribution in [0.25, 0.3) is 16.7 Å². The van der Waals surface area contributed by atoms with Gasteiger partial charge in [-0.1, -0.05) is 18.2 Å². The maximum atomic E-state index is 11.1. The summed E-state index contributed by atoms with van der Waals surface area (Å²) in [6.07, 6.45) is 2.43. The van der Waals surface area contributed by atoms with Crippen molar-refractivity contribution in [2.75, 3.05) is 0 Å². The van der Waals surface area contributed by atoms with Crippen molar-refractivity contribution >= 4 is 28.4 Å². The Morgan fingerprint density at radius 2 is 1.95 bits per heavy atom. The molecule has 98 valence electrons. The maximum absolute atomic E-state index is 11.1. The van der Waals surface area contributed by atoms with Gasteiger partial charge in [0, 0.05) is 35.3 Å². The molecule has 0 amide bonds. The minimum atomic E-state index is -1.59. The summed E-state index contributed by atoms with van der Waals surface area (Å²) in [4.78, 5) is 21.6. The number of carboxylic acid groups (broad SMARTS) is 1. The number of fused-ring (bicyclic) bond motifs is 1. The molecule has 5 heteroatoms. The van der Waals surface area contributed by atoms with Crippen molar-refractivity contribution < 1.29 is 19.8 Å². The van der Waals surface area contributed by atoms with Gasteiger partial charge in [0.1, 0.15) is 5.76 Å². The Labute approximate surface area is 109 Å². The fraction of sp³-hybridized carbons (Fsp3) is 0.143. The van der Waals surface area contributed by atoms with Crippen molar-refractivity contribution in [1.82, 2.24) is 4.57 Å². The van der Waals surface area contributed by atoms with Crippen LogP contribution in [0.2, 0.25) is 0 Å². The van der Waals surface area contributed by atoms with E-state index in [9.17, 15) is 14.7 Å². The first kappa shape index (κ1) is 12.9. The predicted octanol–water partition coefficient (Wildman–Crippen LogP) is 2.21. The summed E-state index contributed by atoms with van der Waals surface area (Å²) >= 11 is 0. The zero-order chi connectivity index (χ0) is 14.0. The van der Waals surface area contributed by atoms with Crippen molar-refractivity contribution in [2.24, 2.45) is 0 Å². The predicted molar refractivity (Wildman–Crippen MR) is 70.9 cm³/mol. The van der Waals surface area contributed by atoms with Gasteiger partial charge in [0.25, 0.3) is 5.78 Å². The van der Waals surface area contributed by atoms with Crippen LogP contribution >= 0.6 is 0 Å². The number of carbonyl (C=O) groups is 2. The molecule has 1 aromatic carbocycles. The Kier molecular flexibility index (Phi) is 3.37. The third kappa shape index (κ3) is 2.35. The summed E-state index contributed by atoms with van der Waals surface area (Å²) in [7, 11) is 0. The second kappa shape index (κ2) is 4.97. The lowest BCUT2D eigenvalue weighted by atomic mass is 10.1. The first-order chi connectivity index (χ1) is 9.04. The molecule has 0 saturated carbocycles. The van der Waals surface area contributed by atoms with E-state index >= 15 is 0 Å². The summed E-state index contributed by atoms with van der Waals surface area (Å²) in [6, 6.07) is 7.40. The molecule has 1 heterocycles. The Bertz CT molecular complexity index is 682. The van der Waals surface area contributed by atoms with E-state index in [1.54, 1.807) is 6.20 Å². The molecule has 0 spiro atoms. The number of aryl methyl sites for hydroxylation is 1. The number of aromatic nitrogens is 1. The van der Waals surface area contributed by atoms with Crippen LogP contribution in [0.3, 0.4) is 0 Å². The molecule has 0 bridgehead atoms.